The monoisotopic (exact) mass is 1020 g/mol. The highest BCUT2D eigenvalue weighted by atomic mass is 16.7. The summed E-state index contributed by atoms with van der Waals surface area (Å²) in [4.78, 5) is 25.0. The third-order valence-corrected chi connectivity index (χ3v) is 20.3. The van der Waals surface area contributed by atoms with Gasteiger partial charge in [-0.15, -0.1) is 0 Å². The number of carbonyl (C=O) groups excluding carboxylic acids is 2. The molecule has 5 heterocycles. The van der Waals surface area contributed by atoms with Gasteiger partial charge in [0, 0.05) is 43.9 Å². The summed E-state index contributed by atoms with van der Waals surface area (Å²) in [5.41, 5.74) is -0.387. The van der Waals surface area contributed by atoms with Crippen LogP contribution in [0.25, 0.3) is 0 Å². The van der Waals surface area contributed by atoms with Crippen LogP contribution < -0.4 is 0 Å². The van der Waals surface area contributed by atoms with Crippen LogP contribution in [0.4, 0.5) is 0 Å². The molecule has 0 aromatic rings. The number of hydrogen-bond acceptors (Lipinski definition) is 18. The average molecular weight is 1020 g/mol. The van der Waals surface area contributed by atoms with E-state index in [0.717, 1.165) is 50.5 Å². The van der Waals surface area contributed by atoms with Crippen molar-refractivity contribution in [1.82, 2.24) is 0 Å². The van der Waals surface area contributed by atoms with Crippen molar-refractivity contribution in [2.24, 2.45) is 51.2 Å². The van der Waals surface area contributed by atoms with Crippen molar-refractivity contribution in [3.05, 3.63) is 11.6 Å². The second kappa shape index (κ2) is 19.8. The zero-order valence-corrected chi connectivity index (χ0v) is 44.4. The molecule has 0 aromatic carbocycles. The Labute approximate surface area is 425 Å². The lowest BCUT2D eigenvalue weighted by Crippen LogP contribution is -2.69. The maximum absolute atomic E-state index is 12.6. The fourth-order valence-electron chi connectivity index (χ4n) is 17.0. The highest BCUT2D eigenvalue weighted by Crippen LogP contribution is 2.80. The summed E-state index contributed by atoms with van der Waals surface area (Å²) in [5, 5.41) is 64.3. The number of esters is 2. The second-order valence-electron chi connectivity index (χ2n) is 25.2. The zero-order valence-electron chi connectivity index (χ0n) is 44.4. The zero-order chi connectivity index (χ0) is 52.2. The second-order valence-corrected chi connectivity index (χ2v) is 25.2. The van der Waals surface area contributed by atoms with Crippen molar-refractivity contribution in [2.45, 2.75) is 231 Å². The normalized spacial score (nSPS) is 52.5. The number of carbonyl (C=O) groups is 2. The molecular formula is C54H86O18. The summed E-state index contributed by atoms with van der Waals surface area (Å²) < 4.78 is 63.7. The first-order chi connectivity index (χ1) is 33.7. The fraction of sp³-hybridized carbons (Fsp3) is 0.926. The van der Waals surface area contributed by atoms with Gasteiger partial charge in [0.15, 0.2) is 24.3 Å². The highest BCUT2D eigenvalue weighted by molar-refractivity contribution is 5.67. The molecule has 0 amide bonds. The van der Waals surface area contributed by atoms with E-state index in [4.69, 9.17) is 47.4 Å². The van der Waals surface area contributed by atoms with Crippen molar-refractivity contribution in [1.29, 1.82) is 0 Å². The Bertz CT molecular complexity index is 2020. The van der Waals surface area contributed by atoms with Gasteiger partial charge in [-0.1, -0.05) is 39.3 Å². The molecule has 5 aliphatic heterocycles. The van der Waals surface area contributed by atoms with Crippen molar-refractivity contribution >= 4 is 11.9 Å². The summed E-state index contributed by atoms with van der Waals surface area (Å²) in [6, 6.07) is 0. The first-order valence-electron chi connectivity index (χ1n) is 26.9. The number of aliphatic hydroxyl groups is 6. The molecule has 410 valence electrons. The quantitative estimate of drug-likeness (QED) is 0.121. The summed E-state index contributed by atoms with van der Waals surface area (Å²) in [6.07, 6.45) is -5.49. The molecule has 2 bridgehead atoms. The molecular weight excluding hydrogens is 937 g/mol. The van der Waals surface area contributed by atoms with Crippen molar-refractivity contribution in [3.8, 4) is 0 Å². The number of fused-ring (bicyclic) bond motifs is 4. The molecule has 6 N–H and O–H groups in total. The summed E-state index contributed by atoms with van der Waals surface area (Å²) in [5.74, 6) is -2.03. The number of aliphatic hydroxyl groups excluding tert-OH is 6. The van der Waals surface area contributed by atoms with Crippen LogP contribution in [0.1, 0.15) is 128 Å². The van der Waals surface area contributed by atoms with E-state index in [1.54, 1.807) is 13.8 Å². The molecule has 9 aliphatic rings. The third kappa shape index (κ3) is 9.05. The number of rotatable bonds is 12. The summed E-state index contributed by atoms with van der Waals surface area (Å²) in [6.45, 7) is 22.6. The molecule has 0 radical (unpaired) electrons. The van der Waals surface area contributed by atoms with E-state index in [-0.39, 0.29) is 72.1 Å². The topological polar surface area (TPSA) is 248 Å². The highest BCUT2D eigenvalue weighted by Gasteiger charge is 2.81. The SMILES string of the molecule is CC(=O)O[C@@H]1[C@@H](O[C@@]2(C)C[C@@H](C=C(C)C)O[C@]34C[C@]5(CO3)[C@@H](CC[C@@H]3[C@@]6(C)CC[C@@H](OC[C@@H]7OC[C@H](COC[C@@H]8O[C@@H](C)[C@H](O)[C@@H](O)[C@H]8O)[C@H](O)[C@H]7O)C(C)(C)[C@@H]6CC[C@]35C)[C@@H]42)O[C@H](C)[C@@H](O)[C@@H]1OC(C)=O. The van der Waals surface area contributed by atoms with E-state index in [9.17, 15) is 40.2 Å². The van der Waals surface area contributed by atoms with Crippen LogP contribution in [0.5, 0.6) is 0 Å². The molecule has 4 saturated carbocycles. The lowest BCUT2D eigenvalue weighted by molar-refractivity contribution is -0.384. The molecule has 9 rings (SSSR count). The Morgan fingerprint density at radius 2 is 1.39 bits per heavy atom. The molecule has 25 atom stereocenters. The van der Waals surface area contributed by atoms with E-state index < -0.39 is 109 Å². The van der Waals surface area contributed by atoms with Crippen LogP contribution in [0.2, 0.25) is 0 Å². The standard InChI is InChI=1S/C54H86O18/c1-26(2)18-32-19-52(11,72-48-46(70-30(6)56)45(69-29(5)55)40(58)28(4)68-48)47-33-12-13-37-50(9)16-15-38(49(7,8)36(50)14-17-51(37,10)53(33)24-54(47,71-32)66-25-53)65-23-34-42(60)41(59)31(21-64-34)20-63-22-35-43(61)44(62)39(57)27(3)67-35/h18,27-28,31-48,57-62H,12-17,19-25H2,1-11H3/t27-,28+,31-,32+,33-,34-,35-,36-,37+,38+,39-,40+,41-,42-,43-,44+,45-,46-,47+,48+,50-,51+,52-,53-,54-/m0/s1. The van der Waals surface area contributed by atoms with E-state index in [1.165, 1.54) is 13.8 Å². The molecule has 5 saturated heterocycles. The minimum Gasteiger partial charge on any atom is -0.455 e. The minimum atomic E-state index is -1.36. The molecule has 9 fully saturated rings. The van der Waals surface area contributed by atoms with Gasteiger partial charge >= 0.3 is 11.9 Å². The van der Waals surface area contributed by atoms with E-state index >= 15 is 0 Å². The van der Waals surface area contributed by atoms with Crippen LogP contribution >= 0.6 is 0 Å². The van der Waals surface area contributed by atoms with Gasteiger partial charge in [-0.05, 0) is 107 Å². The van der Waals surface area contributed by atoms with Crippen LogP contribution in [0.15, 0.2) is 11.6 Å². The van der Waals surface area contributed by atoms with Crippen LogP contribution in [0.3, 0.4) is 0 Å². The Morgan fingerprint density at radius 1 is 0.708 bits per heavy atom. The van der Waals surface area contributed by atoms with E-state index in [0.29, 0.717) is 24.9 Å². The molecule has 0 unspecified atom stereocenters. The van der Waals surface area contributed by atoms with E-state index in [1.807, 2.05) is 13.8 Å². The predicted molar refractivity (Wildman–Crippen MR) is 255 cm³/mol. The lowest BCUT2D eigenvalue weighted by Gasteiger charge is -2.70. The van der Waals surface area contributed by atoms with Gasteiger partial charge in [0.1, 0.15) is 42.7 Å². The number of allylic oxidation sites excluding steroid dienone is 1. The van der Waals surface area contributed by atoms with Gasteiger partial charge in [-0.25, -0.2) is 0 Å². The van der Waals surface area contributed by atoms with Crippen LogP contribution in [0, 0.1) is 51.2 Å². The number of ether oxygens (including phenoxy) is 10. The van der Waals surface area contributed by atoms with Gasteiger partial charge in [0.05, 0.1) is 69.2 Å². The molecule has 4 aliphatic carbocycles. The van der Waals surface area contributed by atoms with Gasteiger partial charge in [0.2, 0.25) is 0 Å². The Morgan fingerprint density at radius 3 is 2.08 bits per heavy atom. The average Bonchev–Trinajstić information content (AvgIpc) is 3.81. The van der Waals surface area contributed by atoms with Gasteiger partial charge in [-0.3, -0.25) is 9.59 Å². The Balaban J connectivity index is 0.890. The van der Waals surface area contributed by atoms with Crippen LogP contribution in [-0.4, -0.2) is 179 Å². The fourth-order valence-corrected chi connectivity index (χ4v) is 17.0. The molecule has 0 aromatic heterocycles. The minimum absolute atomic E-state index is 0.0142. The Kier molecular flexibility index (Phi) is 15.1. The first kappa shape index (κ1) is 54.9. The van der Waals surface area contributed by atoms with Crippen molar-refractivity contribution < 1.29 is 87.6 Å². The molecule has 18 nitrogen and oxygen atoms in total. The lowest BCUT2D eigenvalue weighted by atomic mass is 9.35. The number of hydrogen-bond donors (Lipinski definition) is 6. The van der Waals surface area contributed by atoms with Crippen LogP contribution in [-0.2, 0) is 57.0 Å². The largest absolute Gasteiger partial charge is 0.455 e. The first-order valence-corrected chi connectivity index (χ1v) is 26.9. The Hall–Kier alpha value is -1.88. The smallest absolute Gasteiger partial charge is 0.303 e. The predicted octanol–water partition coefficient (Wildman–Crippen LogP) is 3.50. The van der Waals surface area contributed by atoms with Gasteiger partial charge in [0.25, 0.3) is 0 Å². The van der Waals surface area contributed by atoms with Crippen molar-refractivity contribution in [2.75, 3.05) is 33.0 Å². The summed E-state index contributed by atoms with van der Waals surface area (Å²) >= 11 is 0. The maximum atomic E-state index is 12.6. The van der Waals surface area contributed by atoms with Gasteiger partial charge < -0.3 is 78.0 Å². The third-order valence-electron chi connectivity index (χ3n) is 20.3. The maximum Gasteiger partial charge on any atom is 0.303 e. The summed E-state index contributed by atoms with van der Waals surface area (Å²) in [7, 11) is 0. The molecule has 18 heteroatoms. The molecule has 72 heavy (non-hydrogen) atoms. The van der Waals surface area contributed by atoms with E-state index in [2.05, 4.69) is 40.7 Å². The van der Waals surface area contributed by atoms with Crippen molar-refractivity contribution in [3.63, 3.8) is 0 Å². The van der Waals surface area contributed by atoms with Gasteiger partial charge in [-0.2, -0.15) is 0 Å². The molecule has 2 spiro atoms.